The summed E-state index contributed by atoms with van der Waals surface area (Å²) in [5, 5.41) is 2.50. The first-order valence-electron chi connectivity index (χ1n) is 6.14. The zero-order valence-corrected chi connectivity index (χ0v) is 11.1. The molecule has 1 N–H and O–H groups in total. The van der Waals surface area contributed by atoms with Gasteiger partial charge in [-0.25, -0.2) is 0 Å². The SMILES string of the molecule is CNC(=O)COCCCOCc1ccc(C)cc1. The number of carbonyl (C=O) groups is 1. The Bertz CT molecular complexity index is 349. The summed E-state index contributed by atoms with van der Waals surface area (Å²) in [7, 11) is 1.59. The summed E-state index contributed by atoms with van der Waals surface area (Å²) in [4.78, 5) is 10.8. The average Bonchev–Trinajstić information content (AvgIpc) is 2.39. The number of likely N-dealkylation sites (N-methyl/N-ethyl adjacent to an activating group) is 1. The van der Waals surface area contributed by atoms with Gasteiger partial charge in [0.05, 0.1) is 6.61 Å². The number of amides is 1. The lowest BCUT2D eigenvalue weighted by Crippen LogP contribution is -2.23. The van der Waals surface area contributed by atoms with Crippen molar-refractivity contribution in [2.24, 2.45) is 0 Å². The maximum Gasteiger partial charge on any atom is 0.245 e. The summed E-state index contributed by atoms with van der Waals surface area (Å²) in [6.45, 7) is 3.99. The largest absolute Gasteiger partial charge is 0.377 e. The molecule has 0 aliphatic carbocycles. The summed E-state index contributed by atoms with van der Waals surface area (Å²) in [6.07, 6.45) is 0.794. The normalized spacial score (nSPS) is 10.3. The van der Waals surface area contributed by atoms with Crippen LogP contribution in [-0.2, 0) is 20.9 Å². The van der Waals surface area contributed by atoms with E-state index in [-0.39, 0.29) is 12.5 Å². The van der Waals surface area contributed by atoms with Crippen LogP contribution in [0, 0.1) is 6.92 Å². The Labute approximate surface area is 108 Å². The van der Waals surface area contributed by atoms with Crippen molar-refractivity contribution in [1.29, 1.82) is 0 Å². The first kappa shape index (κ1) is 14.7. The summed E-state index contributed by atoms with van der Waals surface area (Å²) < 4.78 is 10.7. The number of benzene rings is 1. The van der Waals surface area contributed by atoms with Crippen molar-refractivity contribution >= 4 is 5.91 Å². The van der Waals surface area contributed by atoms with Gasteiger partial charge in [-0.2, -0.15) is 0 Å². The zero-order chi connectivity index (χ0) is 13.2. The second-order valence-corrected chi connectivity index (χ2v) is 4.12. The number of ether oxygens (including phenoxy) is 2. The third-order valence-corrected chi connectivity index (χ3v) is 2.48. The van der Waals surface area contributed by atoms with Gasteiger partial charge in [-0.05, 0) is 18.9 Å². The first-order valence-corrected chi connectivity index (χ1v) is 6.14. The number of carbonyl (C=O) groups excluding carboxylic acids is 1. The topological polar surface area (TPSA) is 47.6 Å². The Morgan fingerprint density at radius 2 is 1.83 bits per heavy atom. The molecule has 0 bridgehead atoms. The van der Waals surface area contributed by atoms with Crippen LogP contribution in [0.25, 0.3) is 0 Å². The number of hydrogen-bond acceptors (Lipinski definition) is 3. The molecule has 0 unspecified atom stereocenters. The van der Waals surface area contributed by atoms with Gasteiger partial charge >= 0.3 is 0 Å². The van der Waals surface area contributed by atoms with E-state index in [0.29, 0.717) is 19.8 Å². The maximum atomic E-state index is 10.8. The summed E-state index contributed by atoms with van der Waals surface area (Å²) in [5.41, 5.74) is 2.42. The van der Waals surface area contributed by atoms with Crippen molar-refractivity contribution in [3.63, 3.8) is 0 Å². The lowest BCUT2D eigenvalue weighted by atomic mass is 10.2. The molecule has 0 saturated carbocycles. The third kappa shape index (κ3) is 6.37. The van der Waals surface area contributed by atoms with Crippen molar-refractivity contribution in [3.05, 3.63) is 35.4 Å². The highest BCUT2D eigenvalue weighted by atomic mass is 16.5. The minimum absolute atomic E-state index is 0.101. The maximum absolute atomic E-state index is 10.8. The van der Waals surface area contributed by atoms with Gasteiger partial charge in [0.15, 0.2) is 0 Å². The highest BCUT2D eigenvalue weighted by molar-refractivity contribution is 5.76. The van der Waals surface area contributed by atoms with E-state index in [1.807, 2.05) is 0 Å². The fraction of sp³-hybridized carbons (Fsp3) is 0.500. The van der Waals surface area contributed by atoms with Gasteiger partial charge in [-0.3, -0.25) is 4.79 Å². The molecule has 0 atom stereocenters. The summed E-state index contributed by atoms with van der Waals surface area (Å²) in [5.74, 6) is -0.101. The van der Waals surface area contributed by atoms with Crippen LogP contribution in [0.4, 0.5) is 0 Å². The Morgan fingerprint density at radius 3 is 2.50 bits per heavy atom. The second-order valence-electron chi connectivity index (χ2n) is 4.12. The molecule has 1 aromatic carbocycles. The van der Waals surface area contributed by atoms with Crippen LogP contribution in [0.1, 0.15) is 17.5 Å². The third-order valence-electron chi connectivity index (χ3n) is 2.48. The molecule has 1 rings (SSSR count). The highest BCUT2D eigenvalue weighted by Gasteiger charge is 1.97. The molecule has 0 fully saturated rings. The van der Waals surface area contributed by atoms with E-state index in [9.17, 15) is 4.79 Å². The number of nitrogens with one attached hydrogen (secondary N) is 1. The molecular formula is C14H21NO3. The van der Waals surface area contributed by atoms with Crippen LogP contribution in [0.15, 0.2) is 24.3 Å². The quantitative estimate of drug-likeness (QED) is 0.715. The molecule has 0 spiro atoms. The Morgan fingerprint density at radius 1 is 1.17 bits per heavy atom. The van der Waals surface area contributed by atoms with E-state index in [4.69, 9.17) is 9.47 Å². The van der Waals surface area contributed by atoms with E-state index in [2.05, 4.69) is 36.5 Å². The fourth-order valence-corrected chi connectivity index (χ4v) is 1.37. The van der Waals surface area contributed by atoms with Gasteiger partial charge in [0, 0.05) is 20.3 Å². The molecule has 0 heterocycles. The summed E-state index contributed by atoms with van der Waals surface area (Å²) >= 11 is 0. The monoisotopic (exact) mass is 251 g/mol. The van der Waals surface area contributed by atoms with Gasteiger partial charge in [0.2, 0.25) is 5.91 Å². The Balaban J connectivity index is 1.99. The van der Waals surface area contributed by atoms with Crippen LogP contribution in [-0.4, -0.2) is 32.8 Å². The Hall–Kier alpha value is -1.39. The van der Waals surface area contributed by atoms with E-state index in [0.717, 1.165) is 6.42 Å². The van der Waals surface area contributed by atoms with Gasteiger partial charge in [0.1, 0.15) is 6.61 Å². The molecule has 0 radical (unpaired) electrons. The molecule has 1 amide bonds. The van der Waals surface area contributed by atoms with Crippen molar-refractivity contribution in [2.75, 3.05) is 26.9 Å². The van der Waals surface area contributed by atoms with Gasteiger partial charge in [-0.15, -0.1) is 0 Å². The van der Waals surface area contributed by atoms with Crippen molar-refractivity contribution < 1.29 is 14.3 Å². The van der Waals surface area contributed by atoms with E-state index < -0.39 is 0 Å². The molecule has 0 aliphatic rings. The van der Waals surface area contributed by atoms with Gasteiger partial charge < -0.3 is 14.8 Å². The molecule has 0 aliphatic heterocycles. The average molecular weight is 251 g/mol. The molecule has 4 nitrogen and oxygen atoms in total. The Kier molecular flexibility index (Phi) is 7.06. The predicted molar refractivity (Wildman–Crippen MR) is 70.3 cm³/mol. The molecule has 100 valence electrons. The van der Waals surface area contributed by atoms with E-state index >= 15 is 0 Å². The molecule has 18 heavy (non-hydrogen) atoms. The van der Waals surface area contributed by atoms with E-state index in [1.54, 1.807) is 7.05 Å². The molecule has 0 saturated heterocycles. The van der Waals surface area contributed by atoms with Crippen LogP contribution in [0.2, 0.25) is 0 Å². The lowest BCUT2D eigenvalue weighted by Gasteiger charge is -2.05. The number of aryl methyl sites for hydroxylation is 1. The van der Waals surface area contributed by atoms with Crippen LogP contribution in [0.3, 0.4) is 0 Å². The molecule has 0 aromatic heterocycles. The fourth-order valence-electron chi connectivity index (χ4n) is 1.37. The minimum atomic E-state index is -0.101. The van der Waals surface area contributed by atoms with Crippen LogP contribution in [0.5, 0.6) is 0 Å². The molecule has 4 heteroatoms. The second kappa shape index (κ2) is 8.66. The van der Waals surface area contributed by atoms with Crippen LogP contribution < -0.4 is 5.32 Å². The predicted octanol–water partition coefficient (Wildman–Crippen LogP) is 1.66. The zero-order valence-electron chi connectivity index (χ0n) is 11.1. The van der Waals surface area contributed by atoms with Crippen LogP contribution >= 0.6 is 0 Å². The van der Waals surface area contributed by atoms with Crippen molar-refractivity contribution in [3.8, 4) is 0 Å². The van der Waals surface area contributed by atoms with Crippen molar-refractivity contribution in [1.82, 2.24) is 5.32 Å². The van der Waals surface area contributed by atoms with Crippen molar-refractivity contribution in [2.45, 2.75) is 20.0 Å². The molecule has 1 aromatic rings. The van der Waals surface area contributed by atoms with E-state index in [1.165, 1.54) is 11.1 Å². The molecular weight excluding hydrogens is 230 g/mol. The number of hydrogen-bond donors (Lipinski definition) is 1. The minimum Gasteiger partial charge on any atom is -0.377 e. The number of rotatable bonds is 8. The van der Waals surface area contributed by atoms with Gasteiger partial charge in [0.25, 0.3) is 0 Å². The van der Waals surface area contributed by atoms with Gasteiger partial charge in [-0.1, -0.05) is 29.8 Å². The smallest absolute Gasteiger partial charge is 0.245 e. The lowest BCUT2D eigenvalue weighted by molar-refractivity contribution is -0.125. The highest BCUT2D eigenvalue weighted by Crippen LogP contribution is 2.04. The first-order chi connectivity index (χ1) is 8.72. The summed E-state index contributed by atoms with van der Waals surface area (Å²) in [6, 6.07) is 8.28. The standard InChI is InChI=1S/C14H21NO3/c1-12-4-6-13(7-5-12)10-17-8-3-9-18-11-14(16)15-2/h4-7H,3,8-11H2,1-2H3,(H,15,16).